The predicted molar refractivity (Wildman–Crippen MR) is 90.5 cm³/mol. The van der Waals surface area contributed by atoms with Crippen molar-refractivity contribution in [1.82, 2.24) is 20.0 Å². The minimum atomic E-state index is -0.339. The zero-order valence-electron chi connectivity index (χ0n) is 13.5. The molecule has 1 atom stereocenters. The average molecular weight is 355 g/mol. The van der Waals surface area contributed by atoms with Crippen LogP contribution in [0.4, 0.5) is 4.39 Å². The smallest absolute Gasteiger partial charge is 0.278 e. The quantitative estimate of drug-likeness (QED) is 0.883. The molecule has 1 aromatic heterocycles. The Bertz CT molecular complexity index is 750. The van der Waals surface area contributed by atoms with Crippen molar-refractivity contribution >= 4 is 18.3 Å². The lowest BCUT2D eigenvalue weighted by molar-refractivity contribution is 0.0780. The Morgan fingerprint density at radius 2 is 2.21 bits per heavy atom. The fourth-order valence-electron chi connectivity index (χ4n) is 2.85. The van der Waals surface area contributed by atoms with E-state index in [1.54, 1.807) is 17.9 Å². The van der Waals surface area contributed by atoms with Gasteiger partial charge in [0.25, 0.3) is 5.91 Å². The molecule has 24 heavy (non-hydrogen) atoms. The molecule has 0 spiro atoms. The summed E-state index contributed by atoms with van der Waals surface area (Å²) in [6.45, 7) is 2.97. The topological polar surface area (TPSA) is 70.4 Å². The van der Waals surface area contributed by atoms with Gasteiger partial charge in [0.05, 0.1) is 11.9 Å². The molecule has 3 rings (SSSR count). The van der Waals surface area contributed by atoms with Crippen LogP contribution in [0, 0.1) is 12.7 Å². The van der Waals surface area contributed by atoms with Gasteiger partial charge in [0.15, 0.2) is 11.4 Å². The second kappa shape index (κ2) is 7.19. The third-order valence-electron chi connectivity index (χ3n) is 4.19. The van der Waals surface area contributed by atoms with Crippen LogP contribution in [0.2, 0.25) is 0 Å². The van der Waals surface area contributed by atoms with Crippen molar-refractivity contribution < 1.29 is 14.3 Å². The molecular weight excluding hydrogens is 335 g/mol. The summed E-state index contributed by atoms with van der Waals surface area (Å²) in [6, 6.07) is 4.54. The van der Waals surface area contributed by atoms with Gasteiger partial charge in [-0.3, -0.25) is 4.79 Å². The predicted octanol–water partition coefficient (Wildman–Crippen LogP) is 1.88. The van der Waals surface area contributed by atoms with Crippen LogP contribution >= 0.6 is 12.4 Å². The molecule has 1 aromatic carbocycles. The highest BCUT2D eigenvalue weighted by Gasteiger charge is 2.29. The first-order valence-electron chi connectivity index (χ1n) is 7.51. The molecule has 1 aliphatic heterocycles. The summed E-state index contributed by atoms with van der Waals surface area (Å²) >= 11 is 0. The summed E-state index contributed by atoms with van der Waals surface area (Å²) in [4.78, 5) is 14.2. The molecular formula is C16H20ClFN4O2. The molecule has 2 aromatic rings. The SMILES string of the molecule is CNC1CCN(C(=O)c2nn(-c3ccc(F)cc3C)cc2O)C1.Cl. The van der Waals surface area contributed by atoms with E-state index in [1.165, 1.54) is 23.0 Å². The number of halogens is 2. The van der Waals surface area contributed by atoms with E-state index >= 15 is 0 Å². The largest absolute Gasteiger partial charge is 0.504 e. The van der Waals surface area contributed by atoms with Gasteiger partial charge in [0.1, 0.15) is 5.82 Å². The zero-order valence-corrected chi connectivity index (χ0v) is 14.3. The molecule has 1 aliphatic rings. The summed E-state index contributed by atoms with van der Waals surface area (Å²) < 4.78 is 14.6. The van der Waals surface area contributed by atoms with E-state index in [0.29, 0.717) is 24.3 Å². The van der Waals surface area contributed by atoms with E-state index < -0.39 is 0 Å². The second-order valence-electron chi connectivity index (χ2n) is 5.76. The Labute approximate surface area is 145 Å². The maximum absolute atomic E-state index is 13.2. The number of benzene rings is 1. The summed E-state index contributed by atoms with van der Waals surface area (Å²) in [7, 11) is 1.86. The Morgan fingerprint density at radius 1 is 1.46 bits per heavy atom. The third-order valence-corrected chi connectivity index (χ3v) is 4.19. The molecule has 2 heterocycles. The number of amides is 1. The number of nitrogens with zero attached hydrogens (tertiary/aromatic N) is 3. The molecule has 130 valence electrons. The molecule has 1 unspecified atom stereocenters. The van der Waals surface area contributed by atoms with Crippen molar-refractivity contribution in [3.63, 3.8) is 0 Å². The van der Waals surface area contributed by atoms with Crippen molar-refractivity contribution in [2.45, 2.75) is 19.4 Å². The van der Waals surface area contributed by atoms with Crippen molar-refractivity contribution in [3.8, 4) is 11.4 Å². The molecule has 0 saturated carbocycles. The summed E-state index contributed by atoms with van der Waals surface area (Å²) in [5, 5.41) is 17.4. The fraction of sp³-hybridized carbons (Fsp3) is 0.375. The van der Waals surface area contributed by atoms with Crippen LogP contribution in [0.25, 0.3) is 5.69 Å². The van der Waals surface area contributed by atoms with Crippen molar-refractivity contribution in [1.29, 1.82) is 0 Å². The summed E-state index contributed by atoms with van der Waals surface area (Å²) in [5.41, 5.74) is 1.31. The standard InChI is InChI=1S/C16H19FN4O2.ClH/c1-10-7-11(17)3-4-13(10)21-9-14(22)15(19-21)16(23)20-6-5-12(8-20)18-2;/h3-4,7,9,12,18,22H,5-6,8H2,1-2H3;1H. The number of aromatic nitrogens is 2. The molecule has 0 bridgehead atoms. The van der Waals surface area contributed by atoms with Gasteiger partial charge < -0.3 is 15.3 Å². The molecule has 1 fully saturated rings. The summed E-state index contributed by atoms with van der Waals surface area (Å²) in [6.07, 6.45) is 2.25. The van der Waals surface area contributed by atoms with E-state index in [1.807, 2.05) is 7.05 Å². The number of hydrogen-bond donors (Lipinski definition) is 2. The second-order valence-corrected chi connectivity index (χ2v) is 5.76. The maximum Gasteiger partial charge on any atom is 0.278 e. The lowest BCUT2D eigenvalue weighted by atomic mass is 10.2. The molecule has 1 amide bonds. The molecule has 8 heteroatoms. The van der Waals surface area contributed by atoms with E-state index in [2.05, 4.69) is 10.4 Å². The van der Waals surface area contributed by atoms with Crippen LogP contribution in [0.3, 0.4) is 0 Å². The highest BCUT2D eigenvalue weighted by Crippen LogP contribution is 2.23. The van der Waals surface area contributed by atoms with Gasteiger partial charge in [-0.15, -0.1) is 12.4 Å². The van der Waals surface area contributed by atoms with Crippen LogP contribution in [0.1, 0.15) is 22.5 Å². The lowest BCUT2D eigenvalue weighted by Gasteiger charge is -2.15. The van der Waals surface area contributed by atoms with Crippen LogP contribution < -0.4 is 5.32 Å². The van der Waals surface area contributed by atoms with Gasteiger partial charge in [-0.2, -0.15) is 5.10 Å². The number of likely N-dealkylation sites (tertiary alicyclic amines) is 1. The molecule has 1 saturated heterocycles. The first-order valence-corrected chi connectivity index (χ1v) is 7.51. The van der Waals surface area contributed by atoms with Crippen LogP contribution in [0.5, 0.6) is 5.75 Å². The number of likely N-dealkylation sites (N-methyl/N-ethyl adjacent to an activating group) is 1. The Hall–Kier alpha value is -2.12. The van der Waals surface area contributed by atoms with E-state index in [-0.39, 0.29) is 41.6 Å². The zero-order chi connectivity index (χ0) is 16.6. The minimum Gasteiger partial charge on any atom is -0.504 e. The number of hydrogen-bond acceptors (Lipinski definition) is 4. The van der Waals surface area contributed by atoms with Gasteiger partial charge in [-0.05, 0) is 44.2 Å². The van der Waals surface area contributed by atoms with Gasteiger partial charge in [-0.1, -0.05) is 0 Å². The molecule has 6 nitrogen and oxygen atoms in total. The average Bonchev–Trinajstić information content (AvgIpc) is 3.13. The number of carbonyl (C=O) groups excluding carboxylic acids is 1. The number of carbonyl (C=O) groups is 1. The van der Waals surface area contributed by atoms with Gasteiger partial charge in [-0.25, -0.2) is 9.07 Å². The van der Waals surface area contributed by atoms with Crippen LogP contribution in [0.15, 0.2) is 24.4 Å². The normalized spacial score (nSPS) is 17.0. The van der Waals surface area contributed by atoms with E-state index in [4.69, 9.17) is 0 Å². The Balaban J connectivity index is 0.00000208. The fourth-order valence-corrected chi connectivity index (χ4v) is 2.85. The van der Waals surface area contributed by atoms with Crippen molar-refractivity contribution in [3.05, 3.63) is 41.5 Å². The number of aryl methyl sites for hydroxylation is 1. The van der Waals surface area contributed by atoms with E-state index in [0.717, 1.165) is 6.42 Å². The Morgan fingerprint density at radius 3 is 2.83 bits per heavy atom. The maximum atomic E-state index is 13.2. The molecule has 0 aliphatic carbocycles. The van der Waals surface area contributed by atoms with Crippen molar-refractivity contribution in [2.75, 3.05) is 20.1 Å². The van der Waals surface area contributed by atoms with Gasteiger partial charge in [0, 0.05) is 19.1 Å². The minimum absolute atomic E-state index is 0. The highest BCUT2D eigenvalue weighted by molar-refractivity contribution is 5.95. The number of nitrogens with one attached hydrogen (secondary N) is 1. The summed E-state index contributed by atoms with van der Waals surface area (Å²) in [5.74, 6) is -0.806. The van der Waals surface area contributed by atoms with Crippen molar-refractivity contribution in [2.24, 2.45) is 0 Å². The lowest BCUT2D eigenvalue weighted by Crippen LogP contribution is -2.33. The first-order chi connectivity index (χ1) is 11.0. The molecule has 2 N–H and O–H groups in total. The highest BCUT2D eigenvalue weighted by atomic mass is 35.5. The Kier molecular flexibility index (Phi) is 5.46. The van der Waals surface area contributed by atoms with Crippen LogP contribution in [-0.2, 0) is 0 Å². The first kappa shape index (κ1) is 18.2. The monoisotopic (exact) mass is 354 g/mol. The van der Waals surface area contributed by atoms with E-state index in [9.17, 15) is 14.3 Å². The van der Waals surface area contributed by atoms with Crippen LogP contribution in [-0.4, -0.2) is 51.9 Å². The van der Waals surface area contributed by atoms with Gasteiger partial charge in [0.2, 0.25) is 0 Å². The number of aromatic hydroxyl groups is 1. The molecule has 0 radical (unpaired) electrons. The third kappa shape index (κ3) is 3.37. The number of rotatable bonds is 3. The van der Waals surface area contributed by atoms with Gasteiger partial charge >= 0.3 is 0 Å².